The van der Waals surface area contributed by atoms with Gasteiger partial charge in [-0.25, -0.2) is 27.9 Å². The summed E-state index contributed by atoms with van der Waals surface area (Å²) in [7, 11) is -3.91. The third-order valence-electron chi connectivity index (χ3n) is 4.60. The van der Waals surface area contributed by atoms with Gasteiger partial charge in [0.15, 0.2) is 6.10 Å². The fraction of sp³-hybridized carbons (Fsp3) is 0.0909. The highest BCUT2D eigenvalue weighted by Gasteiger charge is 2.22. The standard InChI is InChI=1S/C22H18N6O5S/c1-14(33-21(30)17-4-2-5-18-19(17)24-13-12-23-18)20(29)27-15-6-8-16(9-7-15)34(31,32)28-22-25-10-3-11-26-22/h2-14H,1H3,(H,27,29)(H,25,26,28). The third kappa shape index (κ3) is 5.13. The van der Waals surface area contributed by atoms with Crippen molar-refractivity contribution < 1.29 is 22.7 Å². The summed E-state index contributed by atoms with van der Waals surface area (Å²) in [4.78, 5) is 41.0. The highest BCUT2D eigenvalue weighted by atomic mass is 32.2. The summed E-state index contributed by atoms with van der Waals surface area (Å²) >= 11 is 0. The number of para-hydroxylation sites is 1. The minimum absolute atomic E-state index is 0.0468. The van der Waals surface area contributed by atoms with Crippen LogP contribution in [0.15, 0.2) is 78.2 Å². The van der Waals surface area contributed by atoms with E-state index in [1.54, 1.807) is 18.2 Å². The number of esters is 1. The molecule has 0 aliphatic carbocycles. The van der Waals surface area contributed by atoms with Gasteiger partial charge in [-0.15, -0.1) is 0 Å². The number of aromatic nitrogens is 4. The van der Waals surface area contributed by atoms with Crippen LogP contribution in [-0.2, 0) is 19.6 Å². The lowest BCUT2D eigenvalue weighted by molar-refractivity contribution is -0.123. The number of hydrogen-bond acceptors (Lipinski definition) is 9. The molecule has 0 aliphatic heterocycles. The maximum Gasteiger partial charge on any atom is 0.341 e. The lowest BCUT2D eigenvalue weighted by atomic mass is 10.2. The first-order chi connectivity index (χ1) is 16.3. The summed E-state index contributed by atoms with van der Waals surface area (Å²) in [5.74, 6) is -1.37. The van der Waals surface area contributed by atoms with Gasteiger partial charge in [-0.05, 0) is 49.4 Å². The lowest BCUT2D eigenvalue weighted by Gasteiger charge is -2.14. The van der Waals surface area contributed by atoms with Crippen LogP contribution in [0.2, 0.25) is 0 Å². The van der Waals surface area contributed by atoms with Crippen molar-refractivity contribution in [2.45, 2.75) is 17.9 Å². The molecule has 2 N–H and O–H groups in total. The van der Waals surface area contributed by atoms with E-state index in [9.17, 15) is 18.0 Å². The van der Waals surface area contributed by atoms with Crippen LogP contribution < -0.4 is 10.0 Å². The maximum atomic E-state index is 12.6. The Labute approximate surface area is 194 Å². The van der Waals surface area contributed by atoms with Crippen molar-refractivity contribution in [3.63, 3.8) is 0 Å². The molecular formula is C22H18N6O5S. The second-order valence-electron chi connectivity index (χ2n) is 6.97. The van der Waals surface area contributed by atoms with Gasteiger partial charge in [0.2, 0.25) is 5.95 Å². The Morgan fingerprint density at radius 2 is 1.59 bits per heavy atom. The number of ether oxygens (including phenoxy) is 1. The van der Waals surface area contributed by atoms with Crippen molar-refractivity contribution in [2.24, 2.45) is 0 Å². The van der Waals surface area contributed by atoms with E-state index in [0.29, 0.717) is 16.7 Å². The molecule has 0 spiro atoms. The van der Waals surface area contributed by atoms with Crippen LogP contribution in [0.1, 0.15) is 17.3 Å². The Kier molecular flexibility index (Phi) is 6.41. The van der Waals surface area contributed by atoms with Crippen molar-refractivity contribution >= 4 is 44.6 Å². The number of nitrogens with one attached hydrogen (secondary N) is 2. The van der Waals surface area contributed by atoms with Gasteiger partial charge in [0.25, 0.3) is 15.9 Å². The average Bonchev–Trinajstić information content (AvgIpc) is 2.84. The number of sulfonamides is 1. The fourth-order valence-electron chi connectivity index (χ4n) is 2.93. The highest BCUT2D eigenvalue weighted by molar-refractivity contribution is 7.92. The fourth-order valence-corrected chi connectivity index (χ4v) is 3.89. The predicted octanol–water partition coefficient (Wildman–Crippen LogP) is 2.40. The SMILES string of the molecule is CC(OC(=O)c1cccc2nccnc12)C(=O)Nc1ccc(S(=O)(=O)Nc2ncccn2)cc1. The Bertz CT molecular complexity index is 1440. The first kappa shape index (κ1) is 22.7. The molecule has 12 heteroatoms. The minimum atomic E-state index is -3.91. The third-order valence-corrected chi connectivity index (χ3v) is 5.94. The Morgan fingerprint density at radius 3 is 2.32 bits per heavy atom. The first-order valence-electron chi connectivity index (χ1n) is 9.95. The van der Waals surface area contributed by atoms with Crippen LogP contribution in [0.4, 0.5) is 11.6 Å². The molecule has 1 amide bonds. The van der Waals surface area contributed by atoms with Gasteiger partial charge in [0.05, 0.1) is 16.0 Å². The van der Waals surface area contributed by atoms with Crippen LogP contribution in [0.25, 0.3) is 11.0 Å². The molecule has 1 unspecified atom stereocenters. The number of nitrogens with zero attached hydrogens (tertiary/aromatic N) is 4. The maximum absolute atomic E-state index is 12.6. The second-order valence-corrected chi connectivity index (χ2v) is 8.65. The van der Waals surface area contributed by atoms with Crippen LogP contribution in [0.3, 0.4) is 0 Å². The normalized spacial score (nSPS) is 12.0. The van der Waals surface area contributed by atoms with E-state index in [-0.39, 0.29) is 16.4 Å². The number of carbonyl (C=O) groups is 2. The Hall–Kier alpha value is -4.45. The molecule has 2 heterocycles. The number of amides is 1. The van der Waals surface area contributed by atoms with Crippen LogP contribution >= 0.6 is 0 Å². The molecule has 0 fully saturated rings. The molecule has 1 atom stereocenters. The van der Waals surface area contributed by atoms with E-state index < -0.39 is 28.0 Å². The van der Waals surface area contributed by atoms with E-state index in [0.717, 1.165) is 0 Å². The van der Waals surface area contributed by atoms with E-state index in [1.807, 2.05) is 0 Å². The number of fused-ring (bicyclic) bond motifs is 1. The average molecular weight is 478 g/mol. The van der Waals surface area contributed by atoms with Crippen molar-refractivity contribution in [3.05, 3.63) is 78.9 Å². The van der Waals surface area contributed by atoms with Crippen LogP contribution in [-0.4, -0.2) is 46.3 Å². The highest BCUT2D eigenvalue weighted by Crippen LogP contribution is 2.18. The van der Waals surface area contributed by atoms with Gasteiger partial charge in [-0.1, -0.05) is 6.07 Å². The van der Waals surface area contributed by atoms with Gasteiger partial charge >= 0.3 is 5.97 Å². The van der Waals surface area contributed by atoms with Crippen molar-refractivity contribution in [2.75, 3.05) is 10.0 Å². The Balaban J connectivity index is 1.40. The van der Waals surface area contributed by atoms with E-state index >= 15 is 0 Å². The number of carbonyl (C=O) groups excluding carboxylic acids is 2. The summed E-state index contributed by atoms with van der Waals surface area (Å²) in [5.41, 5.74) is 1.40. The molecule has 34 heavy (non-hydrogen) atoms. The van der Waals surface area contributed by atoms with E-state index in [1.165, 1.54) is 62.0 Å². The van der Waals surface area contributed by atoms with Crippen LogP contribution in [0.5, 0.6) is 0 Å². The molecule has 0 bridgehead atoms. The molecular weight excluding hydrogens is 460 g/mol. The molecule has 2 aromatic heterocycles. The molecule has 0 saturated heterocycles. The zero-order valence-electron chi connectivity index (χ0n) is 17.7. The number of rotatable bonds is 7. The molecule has 2 aromatic carbocycles. The number of benzene rings is 2. The summed E-state index contributed by atoms with van der Waals surface area (Å²) in [6, 6.07) is 11.9. The van der Waals surface area contributed by atoms with Crippen molar-refractivity contribution in [1.29, 1.82) is 0 Å². The monoisotopic (exact) mass is 478 g/mol. The van der Waals surface area contributed by atoms with Crippen molar-refractivity contribution in [1.82, 2.24) is 19.9 Å². The van der Waals surface area contributed by atoms with Gasteiger partial charge in [0, 0.05) is 30.5 Å². The van der Waals surface area contributed by atoms with E-state index in [2.05, 4.69) is 30.0 Å². The van der Waals surface area contributed by atoms with Crippen molar-refractivity contribution in [3.8, 4) is 0 Å². The molecule has 11 nitrogen and oxygen atoms in total. The molecule has 0 radical (unpaired) electrons. The number of hydrogen-bond donors (Lipinski definition) is 2. The zero-order valence-corrected chi connectivity index (χ0v) is 18.6. The van der Waals surface area contributed by atoms with Crippen LogP contribution in [0, 0.1) is 0 Å². The minimum Gasteiger partial charge on any atom is -0.449 e. The number of anilines is 2. The lowest BCUT2D eigenvalue weighted by Crippen LogP contribution is -2.30. The summed E-state index contributed by atoms with van der Waals surface area (Å²) in [6.07, 6.45) is 4.66. The predicted molar refractivity (Wildman–Crippen MR) is 122 cm³/mol. The molecule has 4 rings (SSSR count). The van der Waals surface area contributed by atoms with Gasteiger partial charge in [0.1, 0.15) is 5.52 Å². The first-order valence-corrected chi connectivity index (χ1v) is 11.4. The van der Waals surface area contributed by atoms with Gasteiger partial charge in [-0.3, -0.25) is 14.8 Å². The molecule has 172 valence electrons. The van der Waals surface area contributed by atoms with Gasteiger partial charge < -0.3 is 10.1 Å². The topological polar surface area (TPSA) is 153 Å². The summed E-state index contributed by atoms with van der Waals surface area (Å²) in [5, 5.41) is 2.58. The largest absolute Gasteiger partial charge is 0.449 e. The summed E-state index contributed by atoms with van der Waals surface area (Å²) < 4.78 is 32.4. The van der Waals surface area contributed by atoms with Gasteiger partial charge in [-0.2, -0.15) is 0 Å². The zero-order chi connectivity index (χ0) is 24.1. The second kappa shape index (κ2) is 9.58. The molecule has 4 aromatic rings. The molecule has 0 aliphatic rings. The quantitative estimate of drug-likeness (QED) is 0.381. The Morgan fingerprint density at radius 1 is 0.882 bits per heavy atom. The summed E-state index contributed by atoms with van der Waals surface area (Å²) in [6.45, 7) is 1.42. The molecule has 0 saturated carbocycles. The smallest absolute Gasteiger partial charge is 0.341 e. The van der Waals surface area contributed by atoms with E-state index in [4.69, 9.17) is 4.74 Å².